The molecule has 22 heavy (non-hydrogen) atoms. The van der Waals surface area contributed by atoms with Crippen molar-refractivity contribution in [1.29, 1.82) is 0 Å². The Hall–Kier alpha value is -2.69. The number of carboxylic acid groups (broad SMARTS) is 2. The van der Waals surface area contributed by atoms with Gasteiger partial charge in [0.05, 0.1) is 18.9 Å². The number of nitrogens with two attached hydrogens (primary N) is 2. The second-order valence-corrected chi connectivity index (χ2v) is 4.50. The Labute approximate surface area is 125 Å². The molecule has 0 unspecified atom stereocenters. The summed E-state index contributed by atoms with van der Waals surface area (Å²) in [4.78, 5) is 55.5. The average Bonchev–Trinajstić information content (AvgIpc) is 2.35. The van der Waals surface area contributed by atoms with E-state index in [0.717, 1.165) is 0 Å². The third kappa shape index (κ3) is 7.19. The van der Waals surface area contributed by atoms with Crippen LogP contribution < -0.4 is 22.1 Å². The quantitative estimate of drug-likeness (QED) is 0.254. The number of carbonyl (C=O) groups excluding carboxylic acids is 3. The van der Waals surface area contributed by atoms with Crippen LogP contribution in [0.5, 0.6) is 0 Å². The number of hydrogen-bond acceptors (Lipinski definition) is 6. The van der Waals surface area contributed by atoms with Crippen molar-refractivity contribution < 1.29 is 34.2 Å². The van der Waals surface area contributed by atoms with Gasteiger partial charge in [-0.1, -0.05) is 0 Å². The van der Waals surface area contributed by atoms with Crippen LogP contribution in [-0.4, -0.2) is 58.0 Å². The molecule has 0 aromatic heterocycles. The Kier molecular flexibility index (Phi) is 7.52. The van der Waals surface area contributed by atoms with Crippen molar-refractivity contribution in [2.75, 3.05) is 0 Å². The van der Waals surface area contributed by atoms with E-state index in [2.05, 4.69) is 0 Å². The summed E-state index contributed by atoms with van der Waals surface area (Å²) in [6.07, 6.45) is -1.27. The van der Waals surface area contributed by atoms with E-state index in [0.29, 0.717) is 0 Å². The monoisotopic (exact) mass is 318 g/mol. The number of rotatable bonds is 9. The van der Waals surface area contributed by atoms with Crippen LogP contribution in [0.15, 0.2) is 0 Å². The van der Waals surface area contributed by atoms with Crippen LogP contribution in [0.4, 0.5) is 0 Å². The number of amides is 3. The molecule has 3 amide bonds. The third-order valence-electron chi connectivity index (χ3n) is 2.50. The van der Waals surface area contributed by atoms with Crippen molar-refractivity contribution in [3.05, 3.63) is 0 Å². The standard InChI is InChI=1S/C11H18N4O7/c1-4(11(21)22)14-10(20)6(3-8(17)18)15-9(19)5(12)2-7(13)16/h4-6H,2-3,12H2,1H3,(H2,13,16)(H,14,20)(H,15,19)(H,17,18)(H,21,22)/t4-,5-,6-/m0/s1. The largest absolute Gasteiger partial charge is 0.481 e. The third-order valence-corrected chi connectivity index (χ3v) is 2.50. The fourth-order valence-corrected chi connectivity index (χ4v) is 1.35. The molecule has 124 valence electrons. The van der Waals surface area contributed by atoms with Crippen molar-refractivity contribution in [3.8, 4) is 0 Å². The number of hydrogen-bond donors (Lipinski definition) is 6. The fourth-order valence-electron chi connectivity index (χ4n) is 1.35. The lowest BCUT2D eigenvalue weighted by Gasteiger charge is -2.20. The van der Waals surface area contributed by atoms with E-state index in [1.54, 1.807) is 0 Å². The van der Waals surface area contributed by atoms with Gasteiger partial charge in [0, 0.05) is 0 Å². The highest BCUT2D eigenvalue weighted by molar-refractivity contribution is 5.95. The Bertz CT molecular complexity index is 479. The molecule has 3 atom stereocenters. The molecule has 0 aliphatic rings. The summed E-state index contributed by atoms with van der Waals surface area (Å²) in [5.74, 6) is -5.53. The van der Waals surface area contributed by atoms with Crippen molar-refractivity contribution >= 4 is 29.7 Å². The molecule has 0 rings (SSSR count). The highest BCUT2D eigenvalue weighted by Crippen LogP contribution is 1.97. The Morgan fingerprint density at radius 3 is 1.95 bits per heavy atom. The van der Waals surface area contributed by atoms with E-state index < -0.39 is 60.6 Å². The Morgan fingerprint density at radius 1 is 1.00 bits per heavy atom. The Morgan fingerprint density at radius 2 is 1.55 bits per heavy atom. The maximum absolute atomic E-state index is 11.8. The van der Waals surface area contributed by atoms with Gasteiger partial charge >= 0.3 is 11.9 Å². The Balaban J connectivity index is 4.86. The molecule has 0 aliphatic heterocycles. The summed E-state index contributed by atoms with van der Waals surface area (Å²) in [6.45, 7) is 1.17. The van der Waals surface area contributed by atoms with Crippen LogP contribution in [0.1, 0.15) is 19.8 Å². The molecule has 0 spiro atoms. The SMILES string of the molecule is C[C@H](NC(=O)[C@H](CC(=O)O)NC(=O)[C@@H](N)CC(N)=O)C(=O)O. The van der Waals surface area contributed by atoms with Crippen LogP contribution in [0.25, 0.3) is 0 Å². The van der Waals surface area contributed by atoms with Gasteiger partial charge in [-0.05, 0) is 6.92 Å². The van der Waals surface area contributed by atoms with Crippen LogP contribution >= 0.6 is 0 Å². The lowest BCUT2D eigenvalue weighted by atomic mass is 10.1. The van der Waals surface area contributed by atoms with Gasteiger partial charge in [0.25, 0.3) is 0 Å². The van der Waals surface area contributed by atoms with E-state index >= 15 is 0 Å². The number of primary amides is 1. The van der Waals surface area contributed by atoms with Crippen LogP contribution in [-0.2, 0) is 24.0 Å². The van der Waals surface area contributed by atoms with E-state index in [9.17, 15) is 24.0 Å². The number of carboxylic acids is 2. The zero-order valence-electron chi connectivity index (χ0n) is 11.7. The topological polar surface area (TPSA) is 202 Å². The van der Waals surface area contributed by atoms with Crippen molar-refractivity contribution in [1.82, 2.24) is 10.6 Å². The fraction of sp³-hybridized carbons (Fsp3) is 0.545. The first kappa shape index (κ1) is 19.3. The van der Waals surface area contributed by atoms with Gasteiger partial charge in [-0.2, -0.15) is 0 Å². The van der Waals surface area contributed by atoms with Gasteiger partial charge in [0.1, 0.15) is 12.1 Å². The molecule has 11 nitrogen and oxygen atoms in total. The molecule has 0 aliphatic carbocycles. The van der Waals surface area contributed by atoms with Crippen molar-refractivity contribution in [3.63, 3.8) is 0 Å². The zero-order chi connectivity index (χ0) is 17.4. The molecule has 0 bridgehead atoms. The number of carbonyl (C=O) groups is 5. The van der Waals surface area contributed by atoms with Gasteiger partial charge in [-0.25, -0.2) is 0 Å². The first-order valence-corrected chi connectivity index (χ1v) is 6.13. The normalized spacial score (nSPS) is 14.3. The summed E-state index contributed by atoms with van der Waals surface area (Å²) < 4.78 is 0. The van der Waals surface area contributed by atoms with Gasteiger partial charge in [0.15, 0.2) is 0 Å². The number of nitrogens with one attached hydrogen (secondary N) is 2. The molecule has 11 heteroatoms. The lowest BCUT2D eigenvalue weighted by molar-refractivity contribution is -0.143. The van der Waals surface area contributed by atoms with Gasteiger partial charge in [-0.15, -0.1) is 0 Å². The molecule has 0 aromatic rings. The predicted octanol–water partition coefficient (Wildman–Crippen LogP) is -3.26. The summed E-state index contributed by atoms with van der Waals surface area (Å²) in [5, 5.41) is 21.5. The molecule has 0 fully saturated rings. The van der Waals surface area contributed by atoms with Crippen LogP contribution in [0, 0.1) is 0 Å². The molecule has 0 radical (unpaired) electrons. The smallest absolute Gasteiger partial charge is 0.325 e. The van der Waals surface area contributed by atoms with Gasteiger partial charge in [-0.3, -0.25) is 24.0 Å². The first-order valence-electron chi connectivity index (χ1n) is 6.13. The molecular formula is C11H18N4O7. The summed E-state index contributed by atoms with van der Waals surface area (Å²) >= 11 is 0. The van der Waals surface area contributed by atoms with E-state index in [-0.39, 0.29) is 0 Å². The summed E-state index contributed by atoms with van der Waals surface area (Å²) in [5.41, 5.74) is 10.2. The maximum Gasteiger partial charge on any atom is 0.325 e. The highest BCUT2D eigenvalue weighted by atomic mass is 16.4. The summed E-state index contributed by atoms with van der Waals surface area (Å²) in [6, 6.07) is -4.16. The van der Waals surface area contributed by atoms with Crippen molar-refractivity contribution in [2.24, 2.45) is 11.5 Å². The zero-order valence-corrected chi connectivity index (χ0v) is 11.7. The second-order valence-electron chi connectivity index (χ2n) is 4.50. The van der Waals surface area contributed by atoms with Crippen molar-refractivity contribution in [2.45, 2.75) is 37.9 Å². The molecule has 8 N–H and O–H groups in total. The molecule has 0 saturated heterocycles. The predicted molar refractivity (Wildman–Crippen MR) is 71.2 cm³/mol. The minimum Gasteiger partial charge on any atom is -0.481 e. The van der Waals surface area contributed by atoms with Crippen LogP contribution in [0.2, 0.25) is 0 Å². The highest BCUT2D eigenvalue weighted by Gasteiger charge is 2.28. The first-order chi connectivity index (χ1) is 10.0. The lowest BCUT2D eigenvalue weighted by Crippen LogP contribution is -2.55. The van der Waals surface area contributed by atoms with Gasteiger partial charge in [0.2, 0.25) is 17.7 Å². The van der Waals surface area contributed by atoms with E-state index in [1.165, 1.54) is 6.92 Å². The number of aliphatic carboxylic acids is 2. The van der Waals surface area contributed by atoms with E-state index in [4.69, 9.17) is 21.7 Å². The maximum atomic E-state index is 11.8. The average molecular weight is 318 g/mol. The molecule has 0 aromatic carbocycles. The molecule has 0 saturated carbocycles. The minimum atomic E-state index is -1.54. The van der Waals surface area contributed by atoms with E-state index in [1.807, 2.05) is 10.6 Å². The molecule has 0 heterocycles. The minimum absolute atomic E-state index is 0.487. The van der Waals surface area contributed by atoms with Gasteiger partial charge < -0.3 is 32.3 Å². The summed E-state index contributed by atoms with van der Waals surface area (Å²) in [7, 11) is 0. The van der Waals surface area contributed by atoms with Crippen LogP contribution in [0.3, 0.4) is 0 Å². The second kappa shape index (κ2) is 8.56. The molecular weight excluding hydrogens is 300 g/mol.